The maximum atomic E-state index is 12.6. The van der Waals surface area contributed by atoms with Crippen LogP contribution in [0.2, 0.25) is 0 Å². The maximum absolute atomic E-state index is 12.6. The predicted molar refractivity (Wildman–Crippen MR) is 65.6 cm³/mol. The molecule has 1 heterocycles. The van der Waals surface area contributed by atoms with Crippen LogP contribution in [-0.4, -0.2) is 28.2 Å². The van der Waals surface area contributed by atoms with Crippen LogP contribution in [-0.2, 0) is 20.9 Å². The van der Waals surface area contributed by atoms with E-state index in [0.717, 1.165) is 24.6 Å². The molecular formula is C12H14F3NO3S. The Balaban J connectivity index is 2.12. The second-order valence-corrected chi connectivity index (χ2v) is 6.37. The van der Waals surface area contributed by atoms with E-state index in [1.54, 1.807) is 0 Å². The Kier molecular flexibility index (Phi) is 4.36. The summed E-state index contributed by atoms with van der Waals surface area (Å²) in [5.41, 5.74) is -0.982. The molecule has 1 aliphatic rings. The van der Waals surface area contributed by atoms with Crippen molar-refractivity contribution in [2.75, 3.05) is 19.8 Å². The zero-order valence-electron chi connectivity index (χ0n) is 10.5. The smallest absolute Gasteiger partial charge is 0.381 e. The van der Waals surface area contributed by atoms with Gasteiger partial charge in [-0.25, -0.2) is 13.1 Å². The molecule has 1 aromatic rings. The van der Waals surface area contributed by atoms with E-state index >= 15 is 0 Å². The van der Waals surface area contributed by atoms with Gasteiger partial charge in [0, 0.05) is 13.2 Å². The molecule has 8 heteroatoms. The monoisotopic (exact) mass is 309 g/mol. The molecule has 1 N–H and O–H groups in total. The van der Waals surface area contributed by atoms with Crippen LogP contribution in [0.3, 0.4) is 0 Å². The van der Waals surface area contributed by atoms with Crippen molar-refractivity contribution in [2.45, 2.75) is 17.5 Å². The molecule has 112 valence electrons. The van der Waals surface area contributed by atoms with E-state index < -0.39 is 21.8 Å². The van der Waals surface area contributed by atoms with Gasteiger partial charge in [-0.2, -0.15) is 13.2 Å². The Labute approximate surface area is 115 Å². The molecule has 1 aliphatic heterocycles. The van der Waals surface area contributed by atoms with Crippen LogP contribution in [0.1, 0.15) is 12.0 Å². The van der Waals surface area contributed by atoms with Crippen molar-refractivity contribution in [2.24, 2.45) is 5.92 Å². The summed E-state index contributed by atoms with van der Waals surface area (Å²) in [5.74, 6) is 0.0653. The number of rotatable bonds is 4. The van der Waals surface area contributed by atoms with Gasteiger partial charge in [0.25, 0.3) is 0 Å². The summed E-state index contributed by atoms with van der Waals surface area (Å²) in [4.78, 5) is -0.383. The van der Waals surface area contributed by atoms with Gasteiger partial charge in [-0.05, 0) is 30.5 Å². The van der Waals surface area contributed by atoms with Gasteiger partial charge < -0.3 is 4.74 Å². The molecule has 1 fully saturated rings. The molecular weight excluding hydrogens is 295 g/mol. The minimum atomic E-state index is -4.56. The summed E-state index contributed by atoms with van der Waals surface area (Å²) in [7, 11) is -3.94. The summed E-state index contributed by atoms with van der Waals surface area (Å²) in [5, 5.41) is 0. The molecule has 1 saturated heterocycles. The first kappa shape index (κ1) is 15.3. The van der Waals surface area contributed by atoms with Crippen molar-refractivity contribution < 1.29 is 26.3 Å². The summed E-state index contributed by atoms with van der Waals surface area (Å²) >= 11 is 0. The highest BCUT2D eigenvalue weighted by atomic mass is 32.2. The van der Waals surface area contributed by atoms with Gasteiger partial charge in [-0.3, -0.25) is 0 Å². The number of alkyl halides is 3. The number of sulfonamides is 1. The molecule has 20 heavy (non-hydrogen) atoms. The lowest BCUT2D eigenvalue weighted by Crippen LogP contribution is -2.29. The molecule has 0 bridgehead atoms. The molecule has 2 rings (SSSR count). The van der Waals surface area contributed by atoms with Crippen LogP contribution >= 0.6 is 0 Å². The average Bonchev–Trinajstić information content (AvgIpc) is 2.89. The van der Waals surface area contributed by atoms with Gasteiger partial charge in [0.2, 0.25) is 10.0 Å². The fourth-order valence-electron chi connectivity index (χ4n) is 1.89. The minimum absolute atomic E-state index is 0.0653. The van der Waals surface area contributed by atoms with E-state index in [4.69, 9.17) is 4.74 Å². The average molecular weight is 309 g/mol. The van der Waals surface area contributed by atoms with Gasteiger partial charge in [-0.1, -0.05) is 6.07 Å². The van der Waals surface area contributed by atoms with E-state index in [9.17, 15) is 21.6 Å². The zero-order valence-corrected chi connectivity index (χ0v) is 11.3. The van der Waals surface area contributed by atoms with Crippen molar-refractivity contribution in [3.05, 3.63) is 29.8 Å². The number of ether oxygens (including phenoxy) is 1. The number of nitrogens with one attached hydrogen (secondary N) is 1. The van der Waals surface area contributed by atoms with E-state index in [-0.39, 0.29) is 17.4 Å². The third-order valence-electron chi connectivity index (χ3n) is 3.06. The molecule has 0 aliphatic carbocycles. The Hall–Kier alpha value is -1.12. The fourth-order valence-corrected chi connectivity index (χ4v) is 3.06. The summed E-state index contributed by atoms with van der Waals surface area (Å²) < 4.78 is 69.0. The second kappa shape index (κ2) is 5.71. The van der Waals surface area contributed by atoms with E-state index in [2.05, 4.69) is 4.72 Å². The lowest BCUT2D eigenvalue weighted by molar-refractivity contribution is -0.137. The number of hydrogen-bond acceptors (Lipinski definition) is 3. The topological polar surface area (TPSA) is 55.4 Å². The lowest BCUT2D eigenvalue weighted by Gasteiger charge is -2.12. The quantitative estimate of drug-likeness (QED) is 0.926. The number of benzene rings is 1. The minimum Gasteiger partial charge on any atom is -0.381 e. The SMILES string of the molecule is O=S(=O)(NC[C@@H]1CCOC1)c1cccc(C(F)(F)F)c1. The summed E-state index contributed by atoms with van der Waals surface area (Å²) in [6.45, 7) is 1.21. The molecule has 4 nitrogen and oxygen atoms in total. The first-order valence-electron chi connectivity index (χ1n) is 6.04. The molecule has 0 aromatic heterocycles. The third kappa shape index (κ3) is 3.71. The Morgan fingerprint density at radius 1 is 1.35 bits per heavy atom. The summed E-state index contributed by atoms with van der Waals surface area (Å²) in [6, 6.07) is 3.69. The van der Waals surface area contributed by atoms with Crippen LogP contribution in [0.15, 0.2) is 29.2 Å². The molecule has 1 aromatic carbocycles. The Bertz CT molecular complexity index is 566. The standard InChI is InChI=1S/C12H14F3NO3S/c13-12(14,15)10-2-1-3-11(6-10)20(17,18)16-7-9-4-5-19-8-9/h1-3,6,9,16H,4-5,7-8H2/t9-/m0/s1. The first-order valence-corrected chi connectivity index (χ1v) is 7.52. The Morgan fingerprint density at radius 2 is 2.10 bits per heavy atom. The maximum Gasteiger partial charge on any atom is 0.416 e. The van der Waals surface area contributed by atoms with Crippen LogP contribution < -0.4 is 4.72 Å². The highest BCUT2D eigenvalue weighted by molar-refractivity contribution is 7.89. The molecule has 0 amide bonds. The number of hydrogen-bond donors (Lipinski definition) is 1. The third-order valence-corrected chi connectivity index (χ3v) is 4.48. The lowest BCUT2D eigenvalue weighted by atomic mass is 10.1. The largest absolute Gasteiger partial charge is 0.416 e. The highest BCUT2D eigenvalue weighted by Gasteiger charge is 2.31. The van der Waals surface area contributed by atoms with E-state index in [1.165, 1.54) is 0 Å². The van der Waals surface area contributed by atoms with Crippen molar-refractivity contribution >= 4 is 10.0 Å². The van der Waals surface area contributed by atoms with Crippen molar-refractivity contribution in [1.82, 2.24) is 4.72 Å². The Morgan fingerprint density at radius 3 is 2.70 bits per heavy atom. The van der Waals surface area contributed by atoms with Crippen LogP contribution in [0, 0.1) is 5.92 Å². The highest BCUT2D eigenvalue weighted by Crippen LogP contribution is 2.30. The van der Waals surface area contributed by atoms with Crippen LogP contribution in [0.5, 0.6) is 0 Å². The molecule has 0 saturated carbocycles. The number of halogens is 3. The van der Waals surface area contributed by atoms with E-state index in [0.29, 0.717) is 19.3 Å². The second-order valence-electron chi connectivity index (χ2n) is 4.61. The van der Waals surface area contributed by atoms with Gasteiger partial charge in [0.05, 0.1) is 17.1 Å². The van der Waals surface area contributed by atoms with Gasteiger partial charge >= 0.3 is 6.18 Å². The van der Waals surface area contributed by atoms with Crippen molar-refractivity contribution in [1.29, 1.82) is 0 Å². The normalized spacial score (nSPS) is 20.2. The van der Waals surface area contributed by atoms with Gasteiger partial charge in [0.1, 0.15) is 0 Å². The first-order chi connectivity index (χ1) is 9.29. The molecule has 0 radical (unpaired) electrons. The van der Waals surface area contributed by atoms with Crippen molar-refractivity contribution in [3.8, 4) is 0 Å². The fraction of sp³-hybridized carbons (Fsp3) is 0.500. The van der Waals surface area contributed by atoms with Crippen LogP contribution in [0.25, 0.3) is 0 Å². The van der Waals surface area contributed by atoms with E-state index in [1.807, 2.05) is 0 Å². The van der Waals surface area contributed by atoms with Gasteiger partial charge in [0.15, 0.2) is 0 Å². The summed E-state index contributed by atoms with van der Waals surface area (Å²) in [6.07, 6.45) is -3.82. The van der Waals surface area contributed by atoms with Gasteiger partial charge in [-0.15, -0.1) is 0 Å². The van der Waals surface area contributed by atoms with Crippen molar-refractivity contribution in [3.63, 3.8) is 0 Å². The molecule has 1 atom stereocenters. The molecule has 0 spiro atoms. The predicted octanol–water partition coefficient (Wildman–Crippen LogP) is 2.02. The molecule has 0 unspecified atom stereocenters. The van der Waals surface area contributed by atoms with Crippen LogP contribution in [0.4, 0.5) is 13.2 Å². The zero-order chi connectivity index (χ0) is 14.8.